The molecule has 9 nitrogen and oxygen atoms in total. The largest absolute Gasteiger partial charge is 0.382 e. The molecule has 0 aromatic carbocycles. The summed E-state index contributed by atoms with van der Waals surface area (Å²) in [5.74, 6) is 0.206. The summed E-state index contributed by atoms with van der Waals surface area (Å²) >= 11 is 0. The van der Waals surface area contributed by atoms with Gasteiger partial charge in [0.05, 0.1) is 30.4 Å². The van der Waals surface area contributed by atoms with Gasteiger partial charge in [0, 0.05) is 31.7 Å². The number of H-pyrrole nitrogens is 1. The third-order valence-corrected chi connectivity index (χ3v) is 4.95. The molecule has 0 bridgehead atoms. The van der Waals surface area contributed by atoms with Gasteiger partial charge >= 0.3 is 0 Å². The van der Waals surface area contributed by atoms with Crippen LogP contribution in [0.15, 0.2) is 31.0 Å². The van der Waals surface area contributed by atoms with Crippen LogP contribution in [0.1, 0.15) is 36.2 Å². The maximum Gasteiger partial charge on any atom is 0.272 e. The minimum absolute atomic E-state index is 0.0606. The maximum absolute atomic E-state index is 13.0. The molecule has 1 amide bonds. The number of methoxy groups -OCH3 is 1. The Balaban J connectivity index is 1.50. The number of carbonyl (C=O) groups excluding carboxylic acids is 1. The summed E-state index contributed by atoms with van der Waals surface area (Å²) in [6.07, 6.45) is 10.7. The van der Waals surface area contributed by atoms with Crippen LogP contribution in [0.3, 0.4) is 0 Å². The van der Waals surface area contributed by atoms with Crippen molar-refractivity contribution in [3.8, 4) is 5.95 Å². The zero-order valence-electron chi connectivity index (χ0n) is 15.8. The van der Waals surface area contributed by atoms with E-state index < -0.39 is 0 Å². The Morgan fingerprint density at radius 2 is 2.29 bits per heavy atom. The van der Waals surface area contributed by atoms with E-state index in [2.05, 4.69) is 25.3 Å². The molecule has 1 saturated carbocycles. The van der Waals surface area contributed by atoms with Crippen molar-refractivity contribution in [1.82, 2.24) is 29.8 Å². The molecule has 1 aliphatic carbocycles. The average Bonchev–Trinajstić information content (AvgIpc) is 3.39. The minimum atomic E-state index is -0.209. The predicted octanol–water partition coefficient (Wildman–Crippen LogP) is 1.85. The summed E-state index contributed by atoms with van der Waals surface area (Å²) in [4.78, 5) is 29.1. The number of amides is 1. The van der Waals surface area contributed by atoms with Gasteiger partial charge in [-0.25, -0.2) is 15.0 Å². The molecule has 0 radical (unpaired) electrons. The van der Waals surface area contributed by atoms with E-state index in [9.17, 15) is 4.79 Å². The normalized spacial score (nSPS) is 19.8. The average molecular weight is 384 g/mol. The molecular formula is C19H24N6O3. The van der Waals surface area contributed by atoms with E-state index in [1.54, 1.807) is 36.6 Å². The van der Waals surface area contributed by atoms with Crippen LogP contribution in [0, 0.1) is 0 Å². The highest BCUT2D eigenvalue weighted by Gasteiger charge is 2.26. The second-order valence-electron chi connectivity index (χ2n) is 6.90. The molecule has 1 aliphatic rings. The summed E-state index contributed by atoms with van der Waals surface area (Å²) in [6.45, 7) is 1.15. The molecule has 0 unspecified atom stereocenters. The predicted molar refractivity (Wildman–Crippen MR) is 102 cm³/mol. The molecule has 0 aliphatic heterocycles. The van der Waals surface area contributed by atoms with Gasteiger partial charge in [0.2, 0.25) is 5.95 Å². The Bertz CT molecular complexity index is 923. The molecule has 9 heteroatoms. The molecule has 3 heterocycles. The molecule has 2 N–H and O–H groups in total. The van der Waals surface area contributed by atoms with Crippen LogP contribution in [0.4, 0.5) is 0 Å². The van der Waals surface area contributed by atoms with Crippen LogP contribution in [0.25, 0.3) is 17.0 Å². The first-order valence-corrected chi connectivity index (χ1v) is 9.49. The quantitative estimate of drug-likeness (QED) is 0.602. The Kier molecular flexibility index (Phi) is 5.63. The van der Waals surface area contributed by atoms with Crippen molar-refractivity contribution in [1.29, 1.82) is 0 Å². The number of ether oxygens (including phenoxy) is 2. The lowest BCUT2D eigenvalue weighted by molar-refractivity contribution is -0.00608. The maximum atomic E-state index is 13.0. The van der Waals surface area contributed by atoms with E-state index in [1.165, 1.54) is 0 Å². The smallest absolute Gasteiger partial charge is 0.272 e. The van der Waals surface area contributed by atoms with Crippen molar-refractivity contribution < 1.29 is 14.3 Å². The zero-order valence-corrected chi connectivity index (χ0v) is 15.8. The van der Waals surface area contributed by atoms with E-state index in [4.69, 9.17) is 9.47 Å². The van der Waals surface area contributed by atoms with Crippen LogP contribution >= 0.6 is 0 Å². The lowest BCUT2D eigenvalue weighted by Crippen LogP contribution is -2.41. The van der Waals surface area contributed by atoms with Crippen LogP contribution in [-0.4, -0.2) is 62.9 Å². The number of carbonyl (C=O) groups is 1. The number of aromatic nitrogens is 5. The Morgan fingerprint density at radius 3 is 3.11 bits per heavy atom. The first-order chi connectivity index (χ1) is 13.7. The van der Waals surface area contributed by atoms with E-state index >= 15 is 0 Å². The van der Waals surface area contributed by atoms with Crippen molar-refractivity contribution in [3.05, 3.63) is 36.7 Å². The second-order valence-corrected chi connectivity index (χ2v) is 6.90. The summed E-state index contributed by atoms with van der Waals surface area (Å²) in [7, 11) is 1.66. The highest BCUT2D eigenvalue weighted by Crippen LogP contribution is 2.22. The van der Waals surface area contributed by atoms with Gasteiger partial charge in [0.15, 0.2) is 5.69 Å². The molecule has 148 valence electrons. The highest BCUT2D eigenvalue weighted by molar-refractivity contribution is 6.03. The second kappa shape index (κ2) is 8.49. The number of nitrogens with zero attached hydrogens (tertiary/aromatic N) is 4. The Morgan fingerprint density at radius 1 is 1.36 bits per heavy atom. The van der Waals surface area contributed by atoms with Gasteiger partial charge < -0.3 is 19.8 Å². The summed E-state index contributed by atoms with van der Waals surface area (Å²) in [5, 5.41) is 3.12. The SMILES string of the molecule is COCCO[C@@H]1CCC[C@H](NC(=O)c2nc(-n3ccnc3)nc3cc[nH]c23)C1. The van der Waals surface area contributed by atoms with Crippen molar-refractivity contribution in [2.24, 2.45) is 0 Å². The minimum Gasteiger partial charge on any atom is -0.382 e. The number of nitrogens with one attached hydrogen (secondary N) is 2. The molecule has 4 rings (SSSR count). The van der Waals surface area contributed by atoms with Gasteiger partial charge in [-0.15, -0.1) is 0 Å². The molecule has 2 atom stereocenters. The Hall–Kier alpha value is -2.78. The van der Waals surface area contributed by atoms with E-state index in [0.717, 1.165) is 25.7 Å². The lowest BCUT2D eigenvalue weighted by Gasteiger charge is -2.29. The van der Waals surface area contributed by atoms with E-state index in [-0.39, 0.29) is 18.1 Å². The Labute approximate surface area is 162 Å². The first-order valence-electron chi connectivity index (χ1n) is 9.49. The van der Waals surface area contributed by atoms with Crippen molar-refractivity contribution in [3.63, 3.8) is 0 Å². The number of imidazole rings is 1. The summed E-state index contributed by atoms with van der Waals surface area (Å²) < 4.78 is 12.6. The molecule has 0 spiro atoms. The van der Waals surface area contributed by atoms with Gasteiger partial charge in [-0.2, -0.15) is 0 Å². The van der Waals surface area contributed by atoms with Crippen LogP contribution in [0.2, 0.25) is 0 Å². The zero-order chi connectivity index (χ0) is 19.3. The summed E-state index contributed by atoms with van der Waals surface area (Å²) in [6, 6.07) is 1.89. The monoisotopic (exact) mass is 384 g/mol. The van der Waals surface area contributed by atoms with Crippen molar-refractivity contribution >= 4 is 16.9 Å². The van der Waals surface area contributed by atoms with Crippen molar-refractivity contribution in [2.45, 2.75) is 37.8 Å². The standard InChI is InChI=1S/C19H24N6O3/c1-27-9-10-28-14-4-2-3-13(11-14)22-18(26)17-16-15(5-6-21-16)23-19(24-17)25-8-7-20-12-25/h5-8,12-14,21H,2-4,9-11H2,1H3,(H,22,26)/t13-,14+/m0/s1. The van der Waals surface area contributed by atoms with Crippen molar-refractivity contribution in [2.75, 3.05) is 20.3 Å². The van der Waals surface area contributed by atoms with Crippen LogP contribution in [0.5, 0.6) is 0 Å². The van der Waals surface area contributed by atoms with Crippen LogP contribution < -0.4 is 5.32 Å². The molecule has 28 heavy (non-hydrogen) atoms. The number of aromatic amines is 1. The van der Waals surface area contributed by atoms with Gasteiger partial charge in [-0.3, -0.25) is 9.36 Å². The van der Waals surface area contributed by atoms with Gasteiger partial charge in [0.1, 0.15) is 6.33 Å². The topological polar surface area (TPSA) is 107 Å². The van der Waals surface area contributed by atoms with Gasteiger partial charge in [-0.1, -0.05) is 0 Å². The first kappa shape index (κ1) is 18.6. The number of rotatable bonds is 7. The molecular weight excluding hydrogens is 360 g/mol. The third kappa shape index (κ3) is 4.05. The highest BCUT2D eigenvalue weighted by atomic mass is 16.5. The van der Waals surface area contributed by atoms with Gasteiger partial charge in [-0.05, 0) is 31.7 Å². The number of fused-ring (bicyclic) bond motifs is 1. The fourth-order valence-electron chi connectivity index (χ4n) is 3.57. The third-order valence-electron chi connectivity index (χ3n) is 4.95. The van der Waals surface area contributed by atoms with Crippen LogP contribution in [-0.2, 0) is 9.47 Å². The molecule has 0 saturated heterocycles. The van der Waals surface area contributed by atoms with E-state index in [1.807, 2.05) is 6.07 Å². The molecule has 3 aromatic rings. The fraction of sp³-hybridized carbons (Fsp3) is 0.474. The number of hydrogen-bond acceptors (Lipinski definition) is 6. The fourth-order valence-corrected chi connectivity index (χ4v) is 3.57. The lowest BCUT2D eigenvalue weighted by atomic mass is 9.92. The molecule has 1 fully saturated rings. The van der Waals surface area contributed by atoms with Gasteiger partial charge in [0.25, 0.3) is 5.91 Å². The van der Waals surface area contributed by atoms with E-state index in [0.29, 0.717) is 35.9 Å². The molecule has 3 aromatic heterocycles. The number of hydrogen-bond donors (Lipinski definition) is 2. The summed E-state index contributed by atoms with van der Waals surface area (Å²) in [5.41, 5.74) is 1.65.